The SMILES string of the molecule is O=C(c1ccccc1)c1cc(O)c(O)cc1Br. The summed E-state index contributed by atoms with van der Waals surface area (Å²) in [4.78, 5) is 12.1. The average molecular weight is 293 g/mol. The van der Waals surface area contributed by atoms with Crippen molar-refractivity contribution in [2.45, 2.75) is 0 Å². The van der Waals surface area contributed by atoms with Gasteiger partial charge < -0.3 is 10.2 Å². The van der Waals surface area contributed by atoms with Crippen molar-refractivity contribution in [3.05, 3.63) is 58.1 Å². The standard InChI is InChI=1S/C13H9BrO3/c14-10-7-12(16)11(15)6-9(10)13(17)8-4-2-1-3-5-8/h1-7,15-16H. The quantitative estimate of drug-likeness (QED) is 0.661. The fourth-order valence-corrected chi connectivity index (χ4v) is 1.98. The molecule has 0 radical (unpaired) electrons. The van der Waals surface area contributed by atoms with E-state index >= 15 is 0 Å². The molecule has 0 unspecified atom stereocenters. The smallest absolute Gasteiger partial charge is 0.194 e. The Labute approximate surface area is 106 Å². The predicted molar refractivity (Wildman–Crippen MR) is 67.3 cm³/mol. The number of ketones is 1. The van der Waals surface area contributed by atoms with Crippen molar-refractivity contribution in [2.24, 2.45) is 0 Å². The molecule has 0 aliphatic heterocycles. The number of carbonyl (C=O) groups excluding carboxylic acids is 1. The van der Waals surface area contributed by atoms with Crippen LogP contribution in [-0.2, 0) is 0 Å². The van der Waals surface area contributed by atoms with Gasteiger partial charge >= 0.3 is 0 Å². The lowest BCUT2D eigenvalue weighted by atomic mass is 10.0. The number of hydrogen-bond donors (Lipinski definition) is 2. The minimum atomic E-state index is -0.313. The summed E-state index contributed by atoms with van der Waals surface area (Å²) in [5.41, 5.74) is 0.838. The zero-order chi connectivity index (χ0) is 12.4. The molecule has 2 aromatic carbocycles. The second-order valence-corrected chi connectivity index (χ2v) is 4.37. The number of phenols is 2. The Hall–Kier alpha value is -1.81. The van der Waals surface area contributed by atoms with Crippen molar-refractivity contribution in [1.82, 2.24) is 0 Å². The van der Waals surface area contributed by atoms with Crippen LogP contribution in [0, 0.1) is 0 Å². The molecule has 0 saturated carbocycles. The second kappa shape index (κ2) is 4.59. The molecule has 0 spiro atoms. The summed E-state index contributed by atoms with van der Waals surface area (Å²) in [7, 11) is 0. The van der Waals surface area contributed by atoms with Crippen LogP contribution >= 0.6 is 15.9 Å². The highest BCUT2D eigenvalue weighted by Gasteiger charge is 2.15. The molecule has 0 fully saturated rings. The molecule has 0 heterocycles. The van der Waals surface area contributed by atoms with Crippen molar-refractivity contribution in [1.29, 1.82) is 0 Å². The molecule has 2 N–H and O–H groups in total. The van der Waals surface area contributed by atoms with Crippen molar-refractivity contribution >= 4 is 21.7 Å². The summed E-state index contributed by atoms with van der Waals surface area (Å²) in [5.74, 6) is -0.790. The van der Waals surface area contributed by atoms with Gasteiger partial charge in [-0.15, -0.1) is 0 Å². The summed E-state index contributed by atoms with van der Waals surface area (Å²) in [5, 5.41) is 18.7. The topological polar surface area (TPSA) is 57.5 Å². The number of phenolic OH excluding ortho intramolecular Hbond substituents is 2. The molecule has 4 heteroatoms. The van der Waals surface area contributed by atoms with Gasteiger partial charge in [-0.25, -0.2) is 0 Å². The largest absolute Gasteiger partial charge is 0.504 e. The molecule has 0 aromatic heterocycles. The summed E-state index contributed by atoms with van der Waals surface area (Å²) in [6.07, 6.45) is 0. The molecule has 2 rings (SSSR count). The molecule has 86 valence electrons. The van der Waals surface area contributed by atoms with E-state index in [4.69, 9.17) is 0 Å². The average Bonchev–Trinajstić information content (AvgIpc) is 2.34. The maximum atomic E-state index is 12.1. The van der Waals surface area contributed by atoms with Crippen LogP contribution in [0.15, 0.2) is 46.9 Å². The predicted octanol–water partition coefficient (Wildman–Crippen LogP) is 3.09. The van der Waals surface area contributed by atoms with E-state index in [0.717, 1.165) is 0 Å². The Morgan fingerprint density at radius 3 is 2.24 bits per heavy atom. The van der Waals surface area contributed by atoms with Gasteiger partial charge in [0.05, 0.1) is 0 Å². The first-order valence-electron chi connectivity index (χ1n) is 4.91. The molecular formula is C13H9BrO3. The van der Waals surface area contributed by atoms with E-state index in [0.29, 0.717) is 15.6 Å². The van der Waals surface area contributed by atoms with Crippen LogP contribution in [0.4, 0.5) is 0 Å². The highest BCUT2D eigenvalue weighted by Crippen LogP contribution is 2.32. The van der Waals surface area contributed by atoms with E-state index in [1.54, 1.807) is 24.3 Å². The van der Waals surface area contributed by atoms with Gasteiger partial charge in [0, 0.05) is 15.6 Å². The first-order chi connectivity index (χ1) is 8.09. The summed E-state index contributed by atoms with van der Waals surface area (Å²) >= 11 is 3.19. The third kappa shape index (κ3) is 2.31. The summed E-state index contributed by atoms with van der Waals surface area (Å²) in [6.45, 7) is 0. The van der Waals surface area contributed by atoms with Gasteiger partial charge in [0.15, 0.2) is 17.3 Å². The summed E-state index contributed by atoms with van der Waals surface area (Å²) in [6, 6.07) is 11.3. The van der Waals surface area contributed by atoms with Gasteiger partial charge in [-0.3, -0.25) is 4.79 Å². The van der Waals surface area contributed by atoms with E-state index in [1.807, 2.05) is 6.07 Å². The van der Waals surface area contributed by atoms with Crippen LogP contribution in [0.1, 0.15) is 15.9 Å². The number of carbonyl (C=O) groups is 1. The molecule has 0 atom stereocenters. The van der Waals surface area contributed by atoms with Crippen molar-refractivity contribution in [2.75, 3.05) is 0 Å². The normalized spacial score (nSPS) is 10.2. The molecule has 0 saturated heterocycles. The highest BCUT2D eigenvalue weighted by molar-refractivity contribution is 9.10. The third-order valence-corrected chi connectivity index (χ3v) is 3.00. The second-order valence-electron chi connectivity index (χ2n) is 3.52. The lowest BCUT2D eigenvalue weighted by Gasteiger charge is -2.06. The van der Waals surface area contributed by atoms with Gasteiger partial charge in [-0.2, -0.15) is 0 Å². The van der Waals surface area contributed by atoms with Crippen LogP contribution in [0.25, 0.3) is 0 Å². The fourth-order valence-electron chi connectivity index (χ4n) is 1.47. The zero-order valence-electron chi connectivity index (χ0n) is 8.72. The van der Waals surface area contributed by atoms with Gasteiger partial charge in [-0.05, 0) is 28.1 Å². The highest BCUT2D eigenvalue weighted by atomic mass is 79.9. The number of rotatable bonds is 2. The zero-order valence-corrected chi connectivity index (χ0v) is 10.3. The number of aromatic hydroxyl groups is 2. The molecule has 0 aliphatic rings. The van der Waals surface area contributed by atoms with Crippen molar-refractivity contribution < 1.29 is 15.0 Å². The third-order valence-electron chi connectivity index (χ3n) is 2.34. The molecule has 0 aliphatic carbocycles. The van der Waals surface area contributed by atoms with Crippen LogP contribution in [-0.4, -0.2) is 16.0 Å². The van der Waals surface area contributed by atoms with Crippen LogP contribution in [0.3, 0.4) is 0 Å². The number of benzene rings is 2. The maximum Gasteiger partial charge on any atom is 0.194 e. The Bertz CT molecular complexity index is 564. The van der Waals surface area contributed by atoms with Crippen LogP contribution < -0.4 is 0 Å². The van der Waals surface area contributed by atoms with E-state index < -0.39 is 0 Å². The van der Waals surface area contributed by atoms with Crippen LogP contribution in [0.5, 0.6) is 11.5 Å². The monoisotopic (exact) mass is 292 g/mol. The van der Waals surface area contributed by atoms with E-state index in [2.05, 4.69) is 15.9 Å². The van der Waals surface area contributed by atoms with E-state index in [1.165, 1.54) is 12.1 Å². The summed E-state index contributed by atoms with van der Waals surface area (Å²) < 4.78 is 0.446. The maximum absolute atomic E-state index is 12.1. The fraction of sp³-hybridized carbons (Fsp3) is 0. The number of halogens is 1. The number of hydrogen-bond acceptors (Lipinski definition) is 3. The van der Waals surface area contributed by atoms with Crippen LogP contribution in [0.2, 0.25) is 0 Å². The van der Waals surface area contributed by atoms with Gasteiger partial charge in [0.25, 0.3) is 0 Å². The molecule has 17 heavy (non-hydrogen) atoms. The van der Waals surface area contributed by atoms with Gasteiger partial charge in [0.2, 0.25) is 0 Å². The Kier molecular flexibility index (Phi) is 3.15. The molecule has 2 aromatic rings. The van der Waals surface area contributed by atoms with Gasteiger partial charge in [-0.1, -0.05) is 30.3 Å². The van der Waals surface area contributed by atoms with E-state index in [9.17, 15) is 15.0 Å². The molecule has 0 amide bonds. The first-order valence-corrected chi connectivity index (χ1v) is 5.70. The van der Waals surface area contributed by atoms with Crippen molar-refractivity contribution in [3.8, 4) is 11.5 Å². The van der Waals surface area contributed by atoms with Crippen molar-refractivity contribution in [3.63, 3.8) is 0 Å². The minimum absolute atomic E-state index is 0.215. The molecule has 0 bridgehead atoms. The Balaban J connectivity index is 2.48. The Morgan fingerprint density at radius 1 is 1.00 bits per heavy atom. The molecule has 3 nitrogen and oxygen atoms in total. The lowest BCUT2D eigenvalue weighted by molar-refractivity contribution is 0.103. The van der Waals surface area contributed by atoms with E-state index in [-0.39, 0.29) is 17.3 Å². The molecular weight excluding hydrogens is 284 g/mol. The minimum Gasteiger partial charge on any atom is -0.504 e. The lowest BCUT2D eigenvalue weighted by Crippen LogP contribution is -2.01. The Morgan fingerprint density at radius 2 is 1.59 bits per heavy atom. The van der Waals surface area contributed by atoms with Gasteiger partial charge in [0.1, 0.15) is 0 Å². The first kappa shape index (κ1) is 11.7.